The van der Waals surface area contributed by atoms with E-state index < -0.39 is 0 Å². The van der Waals surface area contributed by atoms with E-state index in [1.165, 1.54) is 72.9 Å². The predicted octanol–water partition coefficient (Wildman–Crippen LogP) is 12.1. The standard InChI is InChI=1S/C45H60O3/c1-30(2)10-8-11-31(3)40-19-20-41-39-18-16-36-29-38(21-23-44(36,4)42(39)22-24-45(40,41)5)48-43(46)14-9-25-47-37-17-15-34-26-32-12-6-7-13-33(32)27-35(34)28-37/h6-7,12-13,15-17,26-28,30-31,38-42H,8-11,14,18-25,29H2,1-5H3/t31-,38+,39+,40-,41+,42+,44+,45-/m1/s1. The third-order valence-electron chi connectivity index (χ3n) is 14.0. The maximum atomic E-state index is 12.9. The van der Waals surface area contributed by atoms with E-state index >= 15 is 0 Å². The molecule has 0 radical (unpaired) electrons. The van der Waals surface area contributed by atoms with Crippen LogP contribution in [0, 0.1) is 46.3 Å². The first-order valence-electron chi connectivity index (χ1n) is 19.6. The number of carbonyl (C=O) groups is 1. The lowest BCUT2D eigenvalue weighted by Crippen LogP contribution is -2.51. The maximum absolute atomic E-state index is 12.9. The van der Waals surface area contributed by atoms with Crippen LogP contribution in [0.5, 0.6) is 5.75 Å². The lowest BCUT2D eigenvalue weighted by molar-refractivity contribution is -0.151. The van der Waals surface area contributed by atoms with Crippen molar-refractivity contribution in [3.8, 4) is 5.75 Å². The molecule has 4 aliphatic carbocycles. The normalized spacial score (nSPS) is 32.0. The molecule has 3 heteroatoms. The van der Waals surface area contributed by atoms with Gasteiger partial charge in [0.2, 0.25) is 0 Å². The summed E-state index contributed by atoms with van der Waals surface area (Å²) in [6.07, 6.45) is 18.0. The molecule has 3 aromatic carbocycles. The van der Waals surface area contributed by atoms with Crippen LogP contribution in [0.15, 0.2) is 66.2 Å². The summed E-state index contributed by atoms with van der Waals surface area (Å²) in [6, 6.07) is 19.2. The summed E-state index contributed by atoms with van der Waals surface area (Å²) in [5.41, 5.74) is 2.41. The molecular formula is C45H60O3. The van der Waals surface area contributed by atoms with E-state index in [4.69, 9.17) is 9.47 Å². The fourth-order valence-electron chi connectivity index (χ4n) is 11.4. The number of benzene rings is 3. The van der Waals surface area contributed by atoms with Crippen molar-refractivity contribution in [1.82, 2.24) is 0 Å². The van der Waals surface area contributed by atoms with Crippen LogP contribution in [0.4, 0.5) is 0 Å². The van der Waals surface area contributed by atoms with E-state index in [0.717, 1.165) is 60.5 Å². The highest BCUT2D eigenvalue weighted by Gasteiger charge is 2.59. The molecule has 0 spiro atoms. The molecule has 4 aliphatic rings. The van der Waals surface area contributed by atoms with Crippen molar-refractivity contribution in [1.29, 1.82) is 0 Å². The van der Waals surface area contributed by atoms with Gasteiger partial charge in [0.05, 0.1) is 6.61 Å². The molecule has 0 aromatic heterocycles. The molecule has 8 atom stereocenters. The van der Waals surface area contributed by atoms with Crippen LogP contribution in [0.2, 0.25) is 0 Å². The highest BCUT2D eigenvalue weighted by atomic mass is 16.5. The Labute approximate surface area is 290 Å². The number of hydrogen-bond acceptors (Lipinski definition) is 3. The number of allylic oxidation sites excluding steroid dienone is 1. The third-order valence-corrected chi connectivity index (χ3v) is 14.0. The Balaban J connectivity index is 0.895. The Morgan fingerprint density at radius 2 is 1.60 bits per heavy atom. The van der Waals surface area contributed by atoms with Crippen LogP contribution in [-0.2, 0) is 9.53 Å². The van der Waals surface area contributed by atoms with Crippen molar-refractivity contribution in [3.05, 3.63) is 66.2 Å². The number of hydrogen-bond donors (Lipinski definition) is 0. The number of carbonyl (C=O) groups excluding carboxylic acids is 1. The molecule has 0 unspecified atom stereocenters. The summed E-state index contributed by atoms with van der Waals surface area (Å²) in [6.45, 7) is 13.1. The zero-order chi connectivity index (χ0) is 33.5. The van der Waals surface area contributed by atoms with Crippen LogP contribution in [0.25, 0.3) is 21.5 Å². The molecule has 3 saturated carbocycles. The van der Waals surface area contributed by atoms with E-state index in [1.54, 1.807) is 5.57 Å². The lowest BCUT2D eigenvalue weighted by Gasteiger charge is -2.58. The summed E-state index contributed by atoms with van der Waals surface area (Å²) >= 11 is 0. The highest BCUT2D eigenvalue weighted by molar-refractivity contribution is 5.98. The van der Waals surface area contributed by atoms with Gasteiger partial charge in [-0.1, -0.05) is 95.9 Å². The largest absolute Gasteiger partial charge is 0.494 e. The summed E-state index contributed by atoms with van der Waals surface area (Å²) in [4.78, 5) is 12.9. The van der Waals surface area contributed by atoms with Crippen molar-refractivity contribution in [2.24, 2.45) is 46.3 Å². The minimum Gasteiger partial charge on any atom is -0.494 e. The Morgan fingerprint density at radius 1 is 0.833 bits per heavy atom. The van der Waals surface area contributed by atoms with Gasteiger partial charge >= 0.3 is 5.97 Å². The van der Waals surface area contributed by atoms with Crippen LogP contribution in [0.3, 0.4) is 0 Å². The van der Waals surface area contributed by atoms with Gasteiger partial charge in [-0.25, -0.2) is 0 Å². The molecular weight excluding hydrogens is 588 g/mol. The SMILES string of the molecule is CC(C)CCC[C@@H](C)[C@H]1CC[C@H]2[C@@H]3CC=C4C[C@@H](OC(=O)CCCOc5ccc6cc7ccccc7cc6c5)CC[C@]4(C)[C@H]3CC[C@]12C. The Kier molecular flexibility index (Phi) is 9.71. The van der Waals surface area contributed by atoms with Crippen LogP contribution in [0.1, 0.15) is 118 Å². The van der Waals surface area contributed by atoms with Gasteiger partial charge in [0.25, 0.3) is 0 Å². The van der Waals surface area contributed by atoms with Crippen molar-refractivity contribution in [2.45, 2.75) is 124 Å². The number of fused-ring (bicyclic) bond motifs is 7. The molecule has 3 fully saturated rings. The Morgan fingerprint density at radius 3 is 2.40 bits per heavy atom. The van der Waals surface area contributed by atoms with Crippen molar-refractivity contribution < 1.29 is 14.3 Å². The maximum Gasteiger partial charge on any atom is 0.306 e. The predicted molar refractivity (Wildman–Crippen MR) is 199 cm³/mol. The molecule has 0 bridgehead atoms. The Bertz CT molecular complexity index is 1640. The van der Waals surface area contributed by atoms with Crippen LogP contribution >= 0.6 is 0 Å². The summed E-state index contributed by atoms with van der Waals surface area (Å²) in [7, 11) is 0. The van der Waals surface area contributed by atoms with E-state index in [9.17, 15) is 4.79 Å². The van der Waals surface area contributed by atoms with Crippen LogP contribution < -0.4 is 4.74 Å². The van der Waals surface area contributed by atoms with Gasteiger partial charge in [0.15, 0.2) is 0 Å². The molecule has 0 saturated heterocycles. The molecule has 3 aromatic rings. The van der Waals surface area contributed by atoms with Gasteiger partial charge in [-0.15, -0.1) is 0 Å². The van der Waals surface area contributed by atoms with Gasteiger partial charge in [0.1, 0.15) is 11.9 Å². The molecule has 0 amide bonds. The smallest absolute Gasteiger partial charge is 0.306 e. The molecule has 7 rings (SSSR count). The molecule has 0 aliphatic heterocycles. The zero-order valence-corrected chi connectivity index (χ0v) is 30.4. The highest BCUT2D eigenvalue weighted by Crippen LogP contribution is 2.67. The topological polar surface area (TPSA) is 35.5 Å². The van der Waals surface area contributed by atoms with Crippen molar-refractivity contribution >= 4 is 27.5 Å². The van der Waals surface area contributed by atoms with Gasteiger partial charge in [0, 0.05) is 12.8 Å². The second kappa shape index (κ2) is 13.8. The second-order valence-corrected chi connectivity index (χ2v) is 17.3. The first-order valence-corrected chi connectivity index (χ1v) is 19.6. The molecule has 0 heterocycles. The summed E-state index contributed by atoms with van der Waals surface area (Å²) in [5.74, 6) is 5.90. The number of ether oxygens (including phenoxy) is 2. The third kappa shape index (κ3) is 6.57. The zero-order valence-electron chi connectivity index (χ0n) is 30.4. The molecule has 0 N–H and O–H groups in total. The summed E-state index contributed by atoms with van der Waals surface area (Å²) in [5, 5.41) is 4.87. The van der Waals surface area contributed by atoms with Gasteiger partial charge < -0.3 is 9.47 Å². The summed E-state index contributed by atoms with van der Waals surface area (Å²) < 4.78 is 12.2. The van der Waals surface area contributed by atoms with Gasteiger partial charge in [-0.3, -0.25) is 4.79 Å². The van der Waals surface area contributed by atoms with Crippen molar-refractivity contribution in [2.75, 3.05) is 6.61 Å². The van der Waals surface area contributed by atoms with Gasteiger partial charge in [-0.2, -0.15) is 0 Å². The van der Waals surface area contributed by atoms with E-state index in [2.05, 4.69) is 89.2 Å². The minimum atomic E-state index is -0.0700. The molecule has 3 nitrogen and oxygen atoms in total. The van der Waals surface area contributed by atoms with Crippen LogP contribution in [-0.4, -0.2) is 18.7 Å². The fourth-order valence-corrected chi connectivity index (χ4v) is 11.4. The van der Waals surface area contributed by atoms with Gasteiger partial charge in [-0.05, 0) is 144 Å². The minimum absolute atomic E-state index is 0.0287. The second-order valence-electron chi connectivity index (χ2n) is 17.3. The number of rotatable bonds is 11. The molecule has 258 valence electrons. The average molecular weight is 649 g/mol. The van der Waals surface area contributed by atoms with E-state index in [-0.39, 0.29) is 17.5 Å². The first-order chi connectivity index (χ1) is 23.1. The molecule has 48 heavy (non-hydrogen) atoms. The average Bonchev–Trinajstić information content (AvgIpc) is 3.43. The quantitative estimate of drug-likeness (QED) is 0.0898. The first kappa shape index (κ1) is 33.7. The fraction of sp³-hybridized carbons (Fsp3) is 0.622. The number of esters is 1. The van der Waals surface area contributed by atoms with E-state index in [0.29, 0.717) is 24.9 Å². The lowest BCUT2D eigenvalue weighted by atomic mass is 9.47. The van der Waals surface area contributed by atoms with Crippen molar-refractivity contribution in [3.63, 3.8) is 0 Å². The Hall–Kier alpha value is -2.81. The van der Waals surface area contributed by atoms with E-state index in [1.807, 2.05) is 6.07 Å². The monoisotopic (exact) mass is 648 g/mol.